The van der Waals surface area contributed by atoms with Gasteiger partial charge in [-0.3, -0.25) is 9.59 Å². The van der Waals surface area contributed by atoms with Crippen molar-refractivity contribution in [3.63, 3.8) is 0 Å². The van der Waals surface area contributed by atoms with Crippen molar-refractivity contribution >= 4 is 27.2 Å². The first-order valence-electron chi connectivity index (χ1n) is 8.01. The van der Waals surface area contributed by atoms with Crippen LogP contribution in [0.4, 0.5) is 9.52 Å². The molecule has 1 aliphatic rings. The topological polar surface area (TPSA) is 67.6 Å². The third-order valence-electron chi connectivity index (χ3n) is 4.43. The number of benzene rings is 1. The van der Waals surface area contributed by atoms with Gasteiger partial charge in [-0.2, -0.15) is 4.52 Å². The van der Waals surface area contributed by atoms with Crippen LogP contribution in [-0.4, -0.2) is 33.5 Å². The Hall–Kier alpha value is -2.61. The van der Waals surface area contributed by atoms with Crippen LogP contribution in [0.1, 0.15) is 23.2 Å². The van der Waals surface area contributed by atoms with Gasteiger partial charge in [0.25, 0.3) is 5.56 Å². The molecule has 0 radical (unpaired) electrons. The standard InChI is InChI=1S/C17H15FN4O2S/c18-13-3-1-11(2-4-13)15(24)12-6-9-21(10-7-12)17-20-22-14(23)5-8-19-16(22)25-17/h1-5,8,12H,6-7,9-10H2. The second-order valence-electron chi connectivity index (χ2n) is 5.99. The molecule has 128 valence electrons. The Balaban J connectivity index is 1.47. The number of anilines is 1. The smallest absolute Gasteiger partial charge is 0.275 e. The molecular formula is C17H15FN4O2S. The molecule has 1 fully saturated rings. The maximum atomic E-state index is 13.0. The zero-order chi connectivity index (χ0) is 17.4. The molecule has 1 aromatic carbocycles. The molecule has 4 rings (SSSR count). The van der Waals surface area contributed by atoms with Gasteiger partial charge in [-0.05, 0) is 37.1 Å². The number of halogens is 1. The number of rotatable bonds is 3. The highest BCUT2D eigenvalue weighted by molar-refractivity contribution is 7.20. The van der Waals surface area contributed by atoms with Crippen LogP contribution in [-0.2, 0) is 0 Å². The van der Waals surface area contributed by atoms with Gasteiger partial charge in [0.15, 0.2) is 5.78 Å². The van der Waals surface area contributed by atoms with Crippen LogP contribution in [0.5, 0.6) is 0 Å². The first-order chi connectivity index (χ1) is 12.1. The second-order valence-corrected chi connectivity index (χ2v) is 6.93. The summed E-state index contributed by atoms with van der Waals surface area (Å²) in [5.41, 5.74) is 0.351. The van der Waals surface area contributed by atoms with E-state index in [4.69, 9.17) is 0 Å². The van der Waals surface area contributed by atoms with Crippen LogP contribution in [0.25, 0.3) is 4.96 Å². The van der Waals surface area contributed by atoms with Crippen molar-refractivity contribution in [2.24, 2.45) is 5.92 Å². The van der Waals surface area contributed by atoms with Gasteiger partial charge in [0, 0.05) is 36.8 Å². The van der Waals surface area contributed by atoms with Gasteiger partial charge >= 0.3 is 0 Å². The number of fused-ring (bicyclic) bond motifs is 1. The summed E-state index contributed by atoms with van der Waals surface area (Å²) in [4.78, 5) is 31.1. The normalized spacial score (nSPS) is 15.6. The Bertz CT molecular complexity index is 974. The first kappa shape index (κ1) is 15.9. The summed E-state index contributed by atoms with van der Waals surface area (Å²) < 4.78 is 14.3. The van der Waals surface area contributed by atoms with E-state index in [-0.39, 0.29) is 23.1 Å². The summed E-state index contributed by atoms with van der Waals surface area (Å²) in [6, 6.07) is 7.08. The first-order valence-corrected chi connectivity index (χ1v) is 8.83. The second kappa shape index (κ2) is 6.36. The summed E-state index contributed by atoms with van der Waals surface area (Å²) in [5.74, 6) is -0.357. The predicted molar refractivity (Wildman–Crippen MR) is 92.8 cm³/mol. The fourth-order valence-corrected chi connectivity index (χ4v) is 3.97. The lowest BCUT2D eigenvalue weighted by atomic mass is 9.89. The van der Waals surface area contributed by atoms with Gasteiger partial charge in [0.05, 0.1) is 0 Å². The summed E-state index contributed by atoms with van der Waals surface area (Å²) in [5, 5.41) is 5.07. The van der Waals surface area contributed by atoms with E-state index in [1.165, 1.54) is 52.4 Å². The van der Waals surface area contributed by atoms with Gasteiger partial charge in [-0.1, -0.05) is 11.3 Å². The van der Waals surface area contributed by atoms with Gasteiger partial charge in [0.1, 0.15) is 5.82 Å². The molecule has 0 aliphatic carbocycles. The van der Waals surface area contributed by atoms with E-state index in [0.29, 0.717) is 36.5 Å². The number of hydrogen-bond donors (Lipinski definition) is 0. The van der Waals surface area contributed by atoms with Gasteiger partial charge in [-0.25, -0.2) is 9.37 Å². The van der Waals surface area contributed by atoms with Gasteiger partial charge in [-0.15, -0.1) is 5.10 Å². The highest BCUT2D eigenvalue weighted by Gasteiger charge is 2.27. The molecule has 0 saturated carbocycles. The van der Waals surface area contributed by atoms with Gasteiger partial charge < -0.3 is 4.90 Å². The van der Waals surface area contributed by atoms with Crippen LogP contribution in [0.2, 0.25) is 0 Å². The number of nitrogens with zero attached hydrogens (tertiary/aromatic N) is 4. The van der Waals surface area contributed by atoms with Crippen molar-refractivity contribution in [3.05, 3.63) is 58.3 Å². The monoisotopic (exact) mass is 358 g/mol. The molecule has 1 saturated heterocycles. The molecule has 0 atom stereocenters. The Kier molecular flexibility index (Phi) is 4.04. The van der Waals surface area contributed by atoms with E-state index in [1.807, 2.05) is 0 Å². The number of hydrogen-bond acceptors (Lipinski definition) is 6. The van der Waals surface area contributed by atoms with E-state index in [0.717, 1.165) is 5.13 Å². The molecule has 0 unspecified atom stereocenters. The zero-order valence-electron chi connectivity index (χ0n) is 13.3. The molecule has 1 aliphatic heterocycles. The largest absolute Gasteiger partial charge is 0.347 e. The number of piperidine rings is 1. The molecule has 8 heteroatoms. The van der Waals surface area contributed by atoms with Crippen LogP contribution in [0.3, 0.4) is 0 Å². The summed E-state index contributed by atoms with van der Waals surface area (Å²) in [6.45, 7) is 1.37. The van der Waals surface area contributed by atoms with E-state index >= 15 is 0 Å². The SMILES string of the molecule is O=C(c1ccc(F)cc1)C1CCN(c2nn3c(=O)ccnc3s2)CC1. The maximum absolute atomic E-state index is 13.0. The van der Waals surface area contributed by atoms with Crippen LogP contribution in [0, 0.1) is 11.7 Å². The average Bonchev–Trinajstić information content (AvgIpc) is 3.08. The summed E-state index contributed by atoms with van der Waals surface area (Å²) in [7, 11) is 0. The Labute approximate surface area is 146 Å². The van der Waals surface area contributed by atoms with Crippen LogP contribution < -0.4 is 10.5 Å². The minimum Gasteiger partial charge on any atom is -0.347 e. The number of Topliss-reactive ketones (excluding diaryl/α,β-unsaturated/α-hetero) is 1. The molecular weight excluding hydrogens is 343 g/mol. The minimum absolute atomic E-state index is 0.0573. The van der Waals surface area contributed by atoms with Crippen molar-refractivity contribution in [1.29, 1.82) is 0 Å². The minimum atomic E-state index is -0.342. The van der Waals surface area contributed by atoms with Crippen LogP contribution in [0.15, 0.2) is 41.3 Å². The third kappa shape index (κ3) is 3.05. The lowest BCUT2D eigenvalue weighted by molar-refractivity contribution is 0.0900. The summed E-state index contributed by atoms with van der Waals surface area (Å²) >= 11 is 1.37. The zero-order valence-corrected chi connectivity index (χ0v) is 14.1. The molecule has 3 heterocycles. The molecule has 3 aromatic rings. The maximum Gasteiger partial charge on any atom is 0.275 e. The molecule has 25 heavy (non-hydrogen) atoms. The average molecular weight is 358 g/mol. The summed E-state index contributed by atoms with van der Waals surface area (Å²) in [6.07, 6.45) is 2.89. The van der Waals surface area contributed by atoms with Crippen molar-refractivity contribution in [2.75, 3.05) is 18.0 Å². The fourth-order valence-electron chi connectivity index (χ4n) is 3.04. The van der Waals surface area contributed by atoms with E-state index in [9.17, 15) is 14.0 Å². The Morgan fingerprint density at radius 2 is 1.88 bits per heavy atom. The van der Waals surface area contributed by atoms with E-state index < -0.39 is 0 Å². The number of carbonyl (C=O) groups excluding carboxylic acids is 1. The van der Waals surface area contributed by atoms with E-state index in [1.54, 1.807) is 0 Å². The quantitative estimate of drug-likeness (QED) is 0.673. The lowest BCUT2D eigenvalue weighted by Crippen LogP contribution is -2.36. The van der Waals surface area contributed by atoms with Crippen molar-refractivity contribution < 1.29 is 9.18 Å². The predicted octanol–water partition coefficient (Wildman–Crippen LogP) is 2.39. The number of ketones is 1. The third-order valence-corrected chi connectivity index (χ3v) is 5.41. The van der Waals surface area contributed by atoms with Crippen molar-refractivity contribution in [3.8, 4) is 0 Å². The molecule has 0 N–H and O–H groups in total. The number of carbonyl (C=O) groups is 1. The molecule has 2 aromatic heterocycles. The number of aromatic nitrogens is 3. The lowest BCUT2D eigenvalue weighted by Gasteiger charge is -2.30. The molecule has 0 amide bonds. The van der Waals surface area contributed by atoms with Gasteiger partial charge in [0.2, 0.25) is 10.1 Å². The Morgan fingerprint density at radius 3 is 2.56 bits per heavy atom. The molecule has 0 bridgehead atoms. The van der Waals surface area contributed by atoms with Crippen LogP contribution >= 0.6 is 11.3 Å². The molecule has 6 nitrogen and oxygen atoms in total. The Morgan fingerprint density at radius 1 is 1.16 bits per heavy atom. The van der Waals surface area contributed by atoms with E-state index in [2.05, 4.69) is 15.0 Å². The highest BCUT2D eigenvalue weighted by atomic mass is 32.1. The highest BCUT2D eigenvalue weighted by Crippen LogP contribution is 2.28. The van der Waals surface area contributed by atoms with Crippen molar-refractivity contribution in [2.45, 2.75) is 12.8 Å². The fraction of sp³-hybridized carbons (Fsp3) is 0.294. The molecule has 0 spiro atoms. The van der Waals surface area contributed by atoms with Crippen molar-refractivity contribution in [1.82, 2.24) is 14.6 Å².